The summed E-state index contributed by atoms with van der Waals surface area (Å²) in [6.45, 7) is 4.77. The van der Waals surface area contributed by atoms with E-state index < -0.39 is 17.6 Å². The third-order valence-electron chi connectivity index (χ3n) is 6.61. The normalized spacial score (nSPS) is 28.8. The van der Waals surface area contributed by atoms with E-state index >= 15 is 4.39 Å². The van der Waals surface area contributed by atoms with Crippen LogP contribution in [0.1, 0.15) is 87.8 Å². The lowest BCUT2D eigenvalue weighted by atomic mass is 9.81. The molecule has 0 radical (unpaired) electrons. The van der Waals surface area contributed by atoms with E-state index in [-0.39, 0.29) is 29.1 Å². The molecular weight excluding hydrogens is 380 g/mol. The van der Waals surface area contributed by atoms with E-state index in [1.165, 1.54) is 12.1 Å². The van der Waals surface area contributed by atoms with E-state index in [0.29, 0.717) is 25.4 Å². The van der Waals surface area contributed by atoms with Crippen LogP contribution in [0.3, 0.4) is 0 Å². The highest BCUT2D eigenvalue weighted by atomic mass is 19.4. The Hall–Kier alpha value is -1.36. The molecule has 0 aliphatic heterocycles. The van der Waals surface area contributed by atoms with Crippen LogP contribution in [0.2, 0.25) is 0 Å². The molecule has 0 atom stereocenters. The molecule has 3 rings (SSSR count). The van der Waals surface area contributed by atoms with Crippen molar-refractivity contribution in [2.75, 3.05) is 6.61 Å². The number of benzene rings is 1. The van der Waals surface area contributed by atoms with Crippen molar-refractivity contribution in [1.82, 2.24) is 0 Å². The average Bonchev–Trinajstić information content (AvgIpc) is 2.67. The van der Waals surface area contributed by atoms with E-state index in [4.69, 9.17) is 4.74 Å². The van der Waals surface area contributed by atoms with Gasteiger partial charge in [0.05, 0.1) is 11.7 Å². The molecule has 0 amide bonds. The third kappa shape index (κ3) is 5.62. The standard InChI is InChI=1S/C24H32F4O/c1-3-29-20-13-10-18(11-14-20)21-15-12-19(22(23(21)25)24(26,27)28)9-8-17-6-4-16(2)5-7-17/h8-9,12,15-18,20H,3-7,10-11,13-14H2,1-2H3. The summed E-state index contributed by atoms with van der Waals surface area (Å²) < 4.78 is 61.9. The number of ether oxygens (including phenoxy) is 1. The van der Waals surface area contributed by atoms with Crippen molar-refractivity contribution in [3.05, 3.63) is 40.7 Å². The Morgan fingerprint density at radius 1 is 1.00 bits per heavy atom. The molecule has 2 fully saturated rings. The molecule has 29 heavy (non-hydrogen) atoms. The van der Waals surface area contributed by atoms with E-state index in [2.05, 4.69) is 6.92 Å². The zero-order valence-electron chi connectivity index (χ0n) is 17.4. The van der Waals surface area contributed by atoms with E-state index in [9.17, 15) is 13.2 Å². The van der Waals surface area contributed by atoms with Crippen molar-refractivity contribution in [3.8, 4) is 0 Å². The Morgan fingerprint density at radius 3 is 2.24 bits per heavy atom. The SMILES string of the molecule is CCOC1CCC(c2ccc(C=CC3CCC(C)CC3)c(C(F)(F)F)c2F)CC1. The summed E-state index contributed by atoms with van der Waals surface area (Å²) in [5, 5.41) is 0. The van der Waals surface area contributed by atoms with Crippen molar-refractivity contribution in [3.63, 3.8) is 0 Å². The van der Waals surface area contributed by atoms with Crippen LogP contribution in [0.15, 0.2) is 18.2 Å². The molecule has 0 bridgehead atoms. The summed E-state index contributed by atoms with van der Waals surface area (Å²) in [5.41, 5.74) is -0.960. The number of hydrogen-bond acceptors (Lipinski definition) is 1. The van der Waals surface area contributed by atoms with Crippen molar-refractivity contribution >= 4 is 6.08 Å². The van der Waals surface area contributed by atoms with E-state index in [1.807, 2.05) is 13.0 Å². The third-order valence-corrected chi connectivity index (χ3v) is 6.61. The second kappa shape index (κ2) is 9.63. The minimum absolute atomic E-state index is 0.0552. The van der Waals surface area contributed by atoms with Gasteiger partial charge in [-0.2, -0.15) is 13.2 Å². The molecule has 0 heterocycles. The quantitative estimate of drug-likeness (QED) is 0.449. The lowest BCUT2D eigenvalue weighted by Crippen LogP contribution is -2.22. The van der Waals surface area contributed by atoms with Gasteiger partial charge in [-0.25, -0.2) is 4.39 Å². The lowest BCUT2D eigenvalue weighted by Gasteiger charge is -2.29. The summed E-state index contributed by atoms with van der Waals surface area (Å²) in [6, 6.07) is 3.02. The Bertz CT molecular complexity index is 694. The fourth-order valence-corrected chi connectivity index (χ4v) is 4.84. The predicted molar refractivity (Wildman–Crippen MR) is 108 cm³/mol. The first-order chi connectivity index (χ1) is 13.8. The summed E-state index contributed by atoms with van der Waals surface area (Å²) in [5.74, 6) is -0.300. The summed E-state index contributed by atoms with van der Waals surface area (Å²) >= 11 is 0. The topological polar surface area (TPSA) is 9.23 Å². The first-order valence-electron chi connectivity index (χ1n) is 11.0. The van der Waals surface area contributed by atoms with Crippen LogP contribution < -0.4 is 0 Å². The van der Waals surface area contributed by atoms with Gasteiger partial charge in [0, 0.05) is 6.61 Å². The first kappa shape index (κ1) is 22.3. The molecule has 5 heteroatoms. The second-order valence-electron chi connectivity index (χ2n) is 8.74. The fourth-order valence-electron chi connectivity index (χ4n) is 4.84. The van der Waals surface area contributed by atoms with Crippen LogP contribution in [-0.2, 0) is 10.9 Å². The average molecular weight is 413 g/mol. The van der Waals surface area contributed by atoms with Crippen LogP contribution in [0, 0.1) is 17.7 Å². The number of hydrogen-bond donors (Lipinski definition) is 0. The fraction of sp³-hybridized carbons (Fsp3) is 0.667. The van der Waals surface area contributed by atoms with E-state index in [1.54, 1.807) is 6.07 Å². The van der Waals surface area contributed by atoms with Gasteiger partial charge in [0.25, 0.3) is 0 Å². The molecule has 2 aliphatic carbocycles. The lowest BCUT2D eigenvalue weighted by molar-refractivity contribution is -0.140. The zero-order chi connectivity index (χ0) is 21.0. The molecule has 2 aliphatic rings. The molecule has 0 N–H and O–H groups in total. The Labute approximate surface area is 171 Å². The van der Waals surface area contributed by atoms with Gasteiger partial charge in [-0.05, 0) is 74.3 Å². The highest BCUT2D eigenvalue weighted by molar-refractivity contribution is 5.57. The molecule has 1 nitrogen and oxygen atoms in total. The molecule has 0 unspecified atom stereocenters. The van der Waals surface area contributed by atoms with Gasteiger partial charge in [0.15, 0.2) is 0 Å². The highest BCUT2D eigenvalue weighted by Gasteiger charge is 2.38. The molecule has 1 aromatic rings. The summed E-state index contributed by atoms with van der Waals surface area (Å²) in [6.07, 6.45) is 5.80. The van der Waals surface area contributed by atoms with Crippen LogP contribution in [0.25, 0.3) is 6.08 Å². The smallest absolute Gasteiger partial charge is 0.379 e. The van der Waals surface area contributed by atoms with Gasteiger partial charge in [-0.3, -0.25) is 0 Å². The van der Waals surface area contributed by atoms with Crippen LogP contribution >= 0.6 is 0 Å². The van der Waals surface area contributed by atoms with Crippen LogP contribution in [0.5, 0.6) is 0 Å². The number of alkyl halides is 3. The monoisotopic (exact) mass is 412 g/mol. The molecular formula is C24H32F4O. The van der Waals surface area contributed by atoms with Crippen molar-refractivity contribution in [1.29, 1.82) is 0 Å². The second-order valence-corrected chi connectivity index (χ2v) is 8.74. The largest absolute Gasteiger partial charge is 0.419 e. The summed E-state index contributed by atoms with van der Waals surface area (Å²) in [7, 11) is 0. The Kier molecular flexibility index (Phi) is 7.42. The number of halogens is 4. The maximum absolute atomic E-state index is 15.1. The number of rotatable bonds is 5. The van der Waals surface area contributed by atoms with Gasteiger partial charge in [-0.1, -0.05) is 44.1 Å². The maximum atomic E-state index is 15.1. The van der Waals surface area contributed by atoms with Gasteiger partial charge >= 0.3 is 6.18 Å². The minimum Gasteiger partial charge on any atom is -0.379 e. The van der Waals surface area contributed by atoms with Gasteiger partial charge in [0.1, 0.15) is 5.82 Å². The zero-order valence-corrected chi connectivity index (χ0v) is 17.4. The molecule has 1 aromatic carbocycles. The minimum atomic E-state index is -4.70. The van der Waals surface area contributed by atoms with Crippen LogP contribution in [-0.4, -0.2) is 12.7 Å². The maximum Gasteiger partial charge on any atom is 0.419 e. The van der Waals surface area contributed by atoms with Gasteiger partial charge in [0.2, 0.25) is 0 Å². The highest BCUT2D eigenvalue weighted by Crippen LogP contribution is 2.41. The molecule has 2 saturated carbocycles. The Balaban J connectivity index is 1.81. The van der Waals surface area contributed by atoms with Gasteiger partial charge < -0.3 is 4.74 Å². The van der Waals surface area contributed by atoms with E-state index in [0.717, 1.165) is 38.5 Å². The number of allylic oxidation sites excluding steroid dienone is 1. The van der Waals surface area contributed by atoms with Crippen molar-refractivity contribution < 1.29 is 22.3 Å². The summed E-state index contributed by atoms with van der Waals surface area (Å²) in [4.78, 5) is 0. The predicted octanol–water partition coefficient (Wildman–Crippen LogP) is 7.75. The Morgan fingerprint density at radius 2 is 1.66 bits per heavy atom. The first-order valence-corrected chi connectivity index (χ1v) is 11.0. The van der Waals surface area contributed by atoms with Crippen molar-refractivity contribution in [2.45, 2.75) is 83.4 Å². The molecule has 0 spiro atoms. The van der Waals surface area contributed by atoms with Crippen molar-refractivity contribution in [2.24, 2.45) is 11.8 Å². The molecule has 0 saturated heterocycles. The molecule has 0 aromatic heterocycles. The van der Waals surface area contributed by atoms with Gasteiger partial charge in [-0.15, -0.1) is 0 Å². The molecule has 162 valence electrons. The van der Waals surface area contributed by atoms with Crippen LogP contribution in [0.4, 0.5) is 17.6 Å².